The van der Waals surface area contributed by atoms with E-state index in [1.54, 1.807) is 6.20 Å². The summed E-state index contributed by atoms with van der Waals surface area (Å²) in [7, 11) is -3.69. The molecule has 0 amide bonds. The van der Waals surface area contributed by atoms with Gasteiger partial charge in [0.1, 0.15) is 5.82 Å². The van der Waals surface area contributed by atoms with E-state index in [-0.39, 0.29) is 16.4 Å². The molecule has 3 rings (SSSR count). The first-order valence-electron chi connectivity index (χ1n) is 8.19. The molecule has 0 radical (unpaired) electrons. The third-order valence-electron chi connectivity index (χ3n) is 4.58. The van der Waals surface area contributed by atoms with E-state index < -0.39 is 16.0 Å². The molecule has 1 aromatic heterocycles. The standard InChI is InChI=1S/C17H21N3O4S/c1-13-18-7-9-19(13)11-14-4-3-8-20(12-14)25(23,24)16-6-2-5-15(10-16)17(21)22/h2,5-7,9-10,14H,3-4,8,11-12H2,1H3,(H,21,22). The molecule has 1 atom stereocenters. The van der Waals surface area contributed by atoms with Crippen LogP contribution in [0.25, 0.3) is 0 Å². The van der Waals surface area contributed by atoms with Crippen LogP contribution in [-0.4, -0.2) is 46.4 Å². The Balaban J connectivity index is 1.79. The van der Waals surface area contributed by atoms with Crippen LogP contribution in [0.1, 0.15) is 29.0 Å². The third-order valence-corrected chi connectivity index (χ3v) is 6.44. The molecule has 7 nitrogen and oxygen atoms in total. The molecule has 0 spiro atoms. The van der Waals surface area contributed by atoms with Gasteiger partial charge in [-0.3, -0.25) is 0 Å². The number of hydrogen-bond donors (Lipinski definition) is 1. The molecule has 2 aromatic rings. The largest absolute Gasteiger partial charge is 0.478 e. The van der Waals surface area contributed by atoms with E-state index in [0.717, 1.165) is 25.2 Å². The van der Waals surface area contributed by atoms with Gasteiger partial charge in [-0.05, 0) is 43.9 Å². The highest BCUT2D eigenvalue weighted by atomic mass is 32.2. The summed E-state index contributed by atoms with van der Waals surface area (Å²) in [6.07, 6.45) is 5.39. The number of carboxylic acid groups (broad SMARTS) is 1. The molecule has 1 fully saturated rings. The monoisotopic (exact) mass is 363 g/mol. The topological polar surface area (TPSA) is 92.5 Å². The number of hydrogen-bond acceptors (Lipinski definition) is 4. The Morgan fingerprint density at radius 2 is 2.20 bits per heavy atom. The van der Waals surface area contributed by atoms with E-state index in [1.165, 1.54) is 28.6 Å². The summed E-state index contributed by atoms with van der Waals surface area (Å²) in [6, 6.07) is 5.53. The molecule has 0 aliphatic carbocycles. The smallest absolute Gasteiger partial charge is 0.335 e. The van der Waals surface area contributed by atoms with Crippen LogP contribution in [0.2, 0.25) is 0 Å². The molecular weight excluding hydrogens is 342 g/mol. The van der Waals surface area contributed by atoms with Gasteiger partial charge in [-0.2, -0.15) is 4.31 Å². The number of sulfonamides is 1. The number of carboxylic acids is 1. The highest BCUT2D eigenvalue weighted by Crippen LogP contribution is 2.25. The summed E-state index contributed by atoms with van der Waals surface area (Å²) < 4.78 is 29.3. The molecule has 2 heterocycles. The number of carbonyl (C=O) groups is 1. The van der Waals surface area contributed by atoms with Crippen molar-refractivity contribution in [3.8, 4) is 0 Å². The van der Waals surface area contributed by atoms with Gasteiger partial charge in [0.2, 0.25) is 10.0 Å². The molecule has 0 saturated carbocycles. The Kier molecular flexibility index (Phi) is 4.91. The van der Waals surface area contributed by atoms with Gasteiger partial charge < -0.3 is 9.67 Å². The van der Waals surface area contributed by atoms with Gasteiger partial charge in [-0.1, -0.05) is 6.07 Å². The van der Waals surface area contributed by atoms with Crippen molar-refractivity contribution in [1.82, 2.24) is 13.9 Å². The zero-order valence-electron chi connectivity index (χ0n) is 14.0. The summed E-state index contributed by atoms with van der Waals surface area (Å²) in [5, 5.41) is 9.08. The number of imidazole rings is 1. The fraction of sp³-hybridized carbons (Fsp3) is 0.412. The minimum absolute atomic E-state index is 0.0244. The minimum atomic E-state index is -3.69. The molecule has 1 saturated heterocycles. The molecule has 1 aliphatic rings. The number of rotatable bonds is 5. The first-order valence-corrected chi connectivity index (χ1v) is 9.63. The number of aromatic nitrogens is 2. The van der Waals surface area contributed by atoms with Crippen molar-refractivity contribution in [2.75, 3.05) is 13.1 Å². The fourth-order valence-electron chi connectivity index (χ4n) is 3.21. The highest BCUT2D eigenvalue weighted by Gasteiger charge is 2.30. The van der Waals surface area contributed by atoms with Gasteiger partial charge in [0.15, 0.2) is 0 Å². The van der Waals surface area contributed by atoms with Crippen molar-refractivity contribution in [2.45, 2.75) is 31.2 Å². The second kappa shape index (κ2) is 6.97. The molecular formula is C17H21N3O4S. The maximum absolute atomic E-state index is 12.9. The predicted octanol–water partition coefficient (Wildman–Crippen LogP) is 1.99. The van der Waals surface area contributed by atoms with Gasteiger partial charge in [-0.25, -0.2) is 18.2 Å². The van der Waals surface area contributed by atoms with Crippen LogP contribution in [0.3, 0.4) is 0 Å². The Labute approximate surface area is 147 Å². The van der Waals surface area contributed by atoms with Crippen LogP contribution in [0.4, 0.5) is 0 Å². The highest BCUT2D eigenvalue weighted by molar-refractivity contribution is 7.89. The summed E-state index contributed by atoms with van der Waals surface area (Å²) in [6.45, 7) is 3.54. The van der Waals surface area contributed by atoms with Gasteiger partial charge in [0.05, 0.1) is 10.5 Å². The Bertz CT molecular complexity index is 876. The summed E-state index contributed by atoms with van der Waals surface area (Å²) in [4.78, 5) is 15.3. The van der Waals surface area contributed by atoms with Crippen LogP contribution < -0.4 is 0 Å². The fourth-order valence-corrected chi connectivity index (χ4v) is 4.81. The molecule has 1 N–H and O–H groups in total. The zero-order chi connectivity index (χ0) is 18.0. The van der Waals surface area contributed by atoms with Crippen molar-refractivity contribution in [2.24, 2.45) is 5.92 Å². The van der Waals surface area contributed by atoms with Crippen molar-refractivity contribution in [3.05, 3.63) is 48.0 Å². The lowest BCUT2D eigenvalue weighted by Gasteiger charge is -2.32. The average Bonchev–Trinajstić information content (AvgIpc) is 3.00. The number of benzene rings is 1. The normalized spacial score (nSPS) is 19.0. The second-order valence-electron chi connectivity index (χ2n) is 6.33. The number of aryl methyl sites for hydroxylation is 1. The molecule has 0 bridgehead atoms. The quantitative estimate of drug-likeness (QED) is 0.877. The molecule has 134 valence electrons. The first-order chi connectivity index (χ1) is 11.9. The number of piperidine rings is 1. The maximum atomic E-state index is 12.9. The van der Waals surface area contributed by atoms with E-state index in [9.17, 15) is 13.2 Å². The second-order valence-corrected chi connectivity index (χ2v) is 8.27. The molecule has 25 heavy (non-hydrogen) atoms. The van der Waals surface area contributed by atoms with Gasteiger partial charge >= 0.3 is 5.97 Å². The van der Waals surface area contributed by atoms with E-state index in [0.29, 0.717) is 13.1 Å². The molecule has 1 unspecified atom stereocenters. The van der Waals surface area contributed by atoms with Crippen molar-refractivity contribution >= 4 is 16.0 Å². The van der Waals surface area contributed by atoms with E-state index in [2.05, 4.69) is 4.98 Å². The minimum Gasteiger partial charge on any atom is -0.478 e. The summed E-state index contributed by atoms with van der Waals surface area (Å²) >= 11 is 0. The maximum Gasteiger partial charge on any atom is 0.335 e. The van der Waals surface area contributed by atoms with Gasteiger partial charge in [0, 0.05) is 32.0 Å². The van der Waals surface area contributed by atoms with Crippen LogP contribution in [0.15, 0.2) is 41.6 Å². The van der Waals surface area contributed by atoms with Crippen molar-refractivity contribution in [3.63, 3.8) is 0 Å². The Hall–Kier alpha value is -2.19. The lowest BCUT2D eigenvalue weighted by molar-refractivity contribution is 0.0696. The zero-order valence-corrected chi connectivity index (χ0v) is 14.8. The number of nitrogens with zero attached hydrogens (tertiary/aromatic N) is 3. The lowest BCUT2D eigenvalue weighted by Crippen LogP contribution is -2.41. The third kappa shape index (κ3) is 3.74. The predicted molar refractivity (Wildman–Crippen MR) is 91.8 cm³/mol. The van der Waals surface area contributed by atoms with Gasteiger partial charge in [0.25, 0.3) is 0 Å². The average molecular weight is 363 g/mol. The Morgan fingerprint density at radius 3 is 2.88 bits per heavy atom. The van der Waals surface area contributed by atoms with E-state index in [4.69, 9.17) is 5.11 Å². The lowest BCUT2D eigenvalue weighted by atomic mass is 10.00. The van der Waals surface area contributed by atoms with Crippen LogP contribution in [0, 0.1) is 12.8 Å². The molecule has 8 heteroatoms. The first kappa shape index (κ1) is 17.6. The Morgan fingerprint density at radius 1 is 1.40 bits per heavy atom. The van der Waals surface area contributed by atoms with Crippen LogP contribution >= 0.6 is 0 Å². The SMILES string of the molecule is Cc1nccn1CC1CCCN(S(=O)(=O)c2cccc(C(=O)O)c2)C1. The molecule has 1 aliphatic heterocycles. The van der Waals surface area contributed by atoms with E-state index >= 15 is 0 Å². The van der Waals surface area contributed by atoms with E-state index in [1.807, 2.05) is 17.7 Å². The van der Waals surface area contributed by atoms with Crippen LogP contribution in [0.5, 0.6) is 0 Å². The van der Waals surface area contributed by atoms with Crippen molar-refractivity contribution < 1.29 is 18.3 Å². The van der Waals surface area contributed by atoms with Crippen LogP contribution in [-0.2, 0) is 16.6 Å². The van der Waals surface area contributed by atoms with Gasteiger partial charge in [-0.15, -0.1) is 0 Å². The summed E-state index contributed by atoms with van der Waals surface area (Å²) in [5.41, 5.74) is -0.0244. The number of aromatic carboxylic acids is 1. The molecule has 1 aromatic carbocycles. The van der Waals surface area contributed by atoms with Crippen molar-refractivity contribution in [1.29, 1.82) is 0 Å². The summed E-state index contributed by atoms with van der Waals surface area (Å²) in [5.74, 6) is -0.0163.